The van der Waals surface area contributed by atoms with Crippen LogP contribution in [0.15, 0.2) is 36.4 Å². The predicted molar refractivity (Wildman–Crippen MR) is 106 cm³/mol. The SMILES string of the molecule is NCC(CNc1ccc(N2CCOCC2=O)cc1)OC(=O)c1ccc(Cl)s1. The number of thiophene rings is 1. The van der Waals surface area contributed by atoms with Crippen LogP contribution in [-0.4, -0.2) is 50.8 Å². The van der Waals surface area contributed by atoms with E-state index in [0.717, 1.165) is 11.4 Å². The van der Waals surface area contributed by atoms with E-state index in [2.05, 4.69) is 5.32 Å². The van der Waals surface area contributed by atoms with Crippen LogP contribution in [0.1, 0.15) is 9.67 Å². The number of nitrogens with two attached hydrogens (primary N) is 1. The number of anilines is 2. The van der Waals surface area contributed by atoms with E-state index >= 15 is 0 Å². The molecule has 3 N–H and O–H groups in total. The Hall–Kier alpha value is -2.13. The number of rotatable bonds is 7. The molecule has 1 aromatic heterocycles. The first-order valence-electron chi connectivity index (χ1n) is 8.45. The van der Waals surface area contributed by atoms with Crippen LogP contribution in [0.25, 0.3) is 0 Å². The zero-order valence-electron chi connectivity index (χ0n) is 14.5. The third-order valence-corrected chi connectivity index (χ3v) is 5.22. The number of amides is 1. The Kier molecular flexibility index (Phi) is 6.68. The van der Waals surface area contributed by atoms with Gasteiger partial charge in [0.2, 0.25) is 0 Å². The highest BCUT2D eigenvalue weighted by Gasteiger charge is 2.20. The van der Waals surface area contributed by atoms with Crippen LogP contribution in [0.2, 0.25) is 4.34 Å². The van der Waals surface area contributed by atoms with Crippen molar-refractivity contribution in [3.63, 3.8) is 0 Å². The topological polar surface area (TPSA) is 93.9 Å². The summed E-state index contributed by atoms with van der Waals surface area (Å²) in [6.07, 6.45) is -0.473. The standard InChI is InChI=1S/C18H20ClN3O4S/c19-16-6-5-15(27-16)18(24)26-14(9-20)10-21-12-1-3-13(4-2-12)22-7-8-25-11-17(22)23/h1-6,14,21H,7-11,20H2. The van der Waals surface area contributed by atoms with Gasteiger partial charge >= 0.3 is 5.97 Å². The number of morpholine rings is 1. The Balaban J connectivity index is 1.53. The average Bonchev–Trinajstić information content (AvgIpc) is 3.12. The lowest BCUT2D eigenvalue weighted by Gasteiger charge is -2.27. The van der Waals surface area contributed by atoms with Crippen LogP contribution in [0.5, 0.6) is 0 Å². The van der Waals surface area contributed by atoms with E-state index < -0.39 is 12.1 Å². The van der Waals surface area contributed by atoms with Crippen molar-refractivity contribution in [2.45, 2.75) is 6.10 Å². The molecule has 1 aliphatic heterocycles. The quantitative estimate of drug-likeness (QED) is 0.682. The first-order valence-corrected chi connectivity index (χ1v) is 9.64. The number of hydrogen-bond donors (Lipinski definition) is 2. The second-order valence-electron chi connectivity index (χ2n) is 5.89. The number of carbonyl (C=O) groups excluding carboxylic acids is 2. The minimum Gasteiger partial charge on any atom is -0.455 e. The summed E-state index contributed by atoms with van der Waals surface area (Å²) < 4.78 is 11.1. The van der Waals surface area contributed by atoms with Crippen LogP contribution in [0.4, 0.5) is 11.4 Å². The molecule has 1 aliphatic rings. The molecular weight excluding hydrogens is 390 g/mol. The minimum atomic E-state index is -0.473. The molecule has 7 nitrogen and oxygen atoms in total. The lowest BCUT2D eigenvalue weighted by molar-refractivity contribution is -0.125. The zero-order chi connectivity index (χ0) is 19.2. The molecule has 0 saturated carbocycles. The molecule has 0 spiro atoms. The van der Waals surface area contributed by atoms with Crippen LogP contribution < -0.4 is 16.0 Å². The van der Waals surface area contributed by atoms with Crippen LogP contribution in [-0.2, 0) is 14.3 Å². The van der Waals surface area contributed by atoms with E-state index in [1.54, 1.807) is 17.0 Å². The van der Waals surface area contributed by atoms with E-state index in [1.807, 2.05) is 24.3 Å². The maximum atomic E-state index is 12.1. The van der Waals surface area contributed by atoms with Crippen LogP contribution in [0.3, 0.4) is 0 Å². The fraction of sp³-hybridized carbons (Fsp3) is 0.333. The fourth-order valence-corrected chi connectivity index (χ4v) is 3.51. The molecule has 2 aromatic rings. The summed E-state index contributed by atoms with van der Waals surface area (Å²) in [5.74, 6) is -0.490. The van der Waals surface area contributed by atoms with Gasteiger partial charge in [0.05, 0.1) is 17.5 Å². The number of nitrogens with one attached hydrogen (secondary N) is 1. The highest BCUT2D eigenvalue weighted by atomic mass is 35.5. The van der Waals surface area contributed by atoms with E-state index in [1.165, 1.54) is 11.3 Å². The summed E-state index contributed by atoms with van der Waals surface area (Å²) in [5, 5.41) is 3.19. The van der Waals surface area contributed by atoms with Gasteiger partial charge < -0.3 is 25.4 Å². The van der Waals surface area contributed by atoms with E-state index in [4.69, 9.17) is 26.8 Å². The molecule has 27 heavy (non-hydrogen) atoms. The van der Waals surface area contributed by atoms with Crippen molar-refractivity contribution < 1.29 is 19.1 Å². The molecule has 0 radical (unpaired) electrons. The molecule has 9 heteroatoms. The van der Waals surface area contributed by atoms with E-state index in [-0.39, 0.29) is 19.1 Å². The zero-order valence-corrected chi connectivity index (χ0v) is 16.1. The van der Waals surface area contributed by atoms with Crippen molar-refractivity contribution in [3.8, 4) is 0 Å². The molecule has 1 amide bonds. The molecule has 1 unspecified atom stereocenters. The van der Waals surface area contributed by atoms with Gasteiger partial charge in [-0.05, 0) is 36.4 Å². The largest absolute Gasteiger partial charge is 0.455 e. The second kappa shape index (κ2) is 9.18. The number of hydrogen-bond acceptors (Lipinski definition) is 7. The number of benzene rings is 1. The molecule has 0 bridgehead atoms. The summed E-state index contributed by atoms with van der Waals surface area (Å²) in [5.41, 5.74) is 7.37. The van der Waals surface area contributed by atoms with Crippen molar-refractivity contribution in [1.29, 1.82) is 0 Å². The van der Waals surface area contributed by atoms with E-state index in [0.29, 0.717) is 28.9 Å². The third kappa shape index (κ3) is 5.20. The monoisotopic (exact) mass is 409 g/mol. The minimum absolute atomic E-state index is 0.0502. The molecule has 1 fully saturated rings. The van der Waals surface area contributed by atoms with Gasteiger partial charge in [0.15, 0.2) is 0 Å². The lowest BCUT2D eigenvalue weighted by atomic mass is 10.2. The van der Waals surface area contributed by atoms with Crippen molar-refractivity contribution in [2.24, 2.45) is 5.73 Å². The molecule has 144 valence electrons. The van der Waals surface area contributed by atoms with Crippen molar-refractivity contribution in [3.05, 3.63) is 45.6 Å². The Morgan fingerprint density at radius 1 is 1.33 bits per heavy atom. The molecular formula is C18H20ClN3O4S. The normalized spacial score (nSPS) is 15.5. The Morgan fingerprint density at radius 2 is 2.11 bits per heavy atom. The Bertz CT molecular complexity index is 796. The van der Waals surface area contributed by atoms with Gasteiger partial charge in [-0.1, -0.05) is 11.6 Å². The van der Waals surface area contributed by atoms with Crippen molar-refractivity contribution in [1.82, 2.24) is 0 Å². The van der Waals surface area contributed by atoms with Crippen LogP contribution in [0, 0.1) is 0 Å². The number of esters is 1. The van der Waals surface area contributed by atoms with Crippen LogP contribution >= 0.6 is 22.9 Å². The van der Waals surface area contributed by atoms with E-state index in [9.17, 15) is 9.59 Å². The van der Waals surface area contributed by atoms with Gasteiger partial charge in [0, 0.05) is 24.5 Å². The molecule has 0 aliphatic carbocycles. The van der Waals surface area contributed by atoms with Gasteiger partial charge in [-0.25, -0.2) is 4.79 Å². The number of carbonyl (C=O) groups is 2. The van der Waals surface area contributed by atoms with Gasteiger partial charge in [0.1, 0.15) is 17.6 Å². The van der Waals surface area contributed by atoms with Gasteiger partial charge in [0.25, 0.3) is 5.91 Å². The second-order valence-corrected chi connectivity index (χ2v) is 7.61. The average molecular weight is 410 g/mol. The predicted octanol–water partition coefficient (Wildman–Crippen LogP) is 2.36. The number of nitrogens with zero attached hydrogens (tertiary/aromatic N) is 1. The lowest BCUT2D eigenvalue weighted by Crippen LogP contribution is -2.41. The summed E-state index contributed by atoms with van der Waals surface area (Å²) >= 11 is 7.00. The smallest absolute Gasteiger partial charge is 0.348 e. The highest BCUT2D eigenvalue weighted by molar-refractivity contribution is 7.17. The van der Waals surface area contributed by atoms with Crippen molar-refractivity contribution >= 4 is 46.2 Å². The first kappa shape index (κ1) is 19.6. The molecule has 3 rings (SSSR count). The molecule has 1 aromatic carbocycles. The summed E-state index contributed by atoms with van der Waals surface area (Å²) in [4.78, 5) is 26.1. The third-order valence-electron chi connectivity index (χ3n) is 4.01. The number of halogens is 1. The number of ether oxygens (including phenoxy) is 2. The highest BCUT2D eigenvalue weighted by Crippen LogP contribution is 2.23. The molecule has 1 saturated heterocycles. The van der Waals surface area contributed by atoms with Crippen molar-refractivity contribution in [2.75, 3.05) is 43.1 Å². The van der Waals surface area contributed by atoms with Gasteiger partial charge in [-0.2, -0.15) is 0 Å². The Morgan fingerprint density at radius 3 is 2.74 bits per heavy atom. The first-order chi connectivity index (χ1) is 13.1. The maximum absolute atomic E-state index is 12.1. The van der Waals surface area contributed by atoms with Gasteiger partial charge in [-0.3, -0.25) is 4.79 Å². The maximum Gasteiger partial charge on any atom is 0.348 e. The Labute approximate surface area is 166 Å². The van der Waals surface area contributed by atoms with Gasteiger partial charge in [-0.15, -0.1) is 11.3 Å². The summed E-state index contributed by atoms with van der Waals surface area (Å²) in [6, 6.07) is 10.7. The summed E-state index contributed by atoms with van der Waals surface area (Å²) in [7, 11) is 0. The molecule has 2 heterocycles. The summed E-state index contributed by atoms with van der Waals surface area (Å²) in [6.45, 7) is 1.75. The fourth-order valence-electron chi connectivity index (χ4n) is 2.59. The molecule has 1 atom stereocenters.